The Balaban J connectivity index is 2.19. The van der Waals surface area contributed by atoms with Gasteiger partial charge in [-0.05, 0) is 18.4 Å². The second-order valence-corrected chi connectivity index (χ2v) is 5.19. The molecule has 0 fully saturated rings. The van der Waals surface area contributed by atoms with Crippen molar-refractivity contribution in [2.75, 3.05) is 13.4 Å². The first kappa shape index (κ1) is 16.3. The predicted molar refractivity (Wildman–Crippen MR) is 79.1 cm³/mol. The van der Waals surface area contributed by atoms with E-state index in [2.05, 4.69) is 10.3 Å². The van der Waals surface area contributed by atoms with Crippen molar-refractivity contribution in [1.29, 1.82) is 0 Å². The van der Waals surface area contributed by atoms with E-state index in [0.29, 0.717) is 0 Å². The summed E-state index contributed by atoms with van der Waals surface area (Å²) in [6, 6.07) is 2.13. The summed E-state index contributed by atoms with van der Waals surface area (Å²) < 4.78 is 33.9. The average molecular weight is 327 g/mol. The molecule has 0 radical (unpaired) electrons. The summed E-state index contributed by atoms with van der Waals surface area (Å²) in [4.78, 5) is 16.3. The summed E-state index contributed by atoms with van der Waals surface area (Å²) in [6.45, 7) is 0.141. The Morgan fingerprint density at radius 3 is 2.77 bits per heavy atom. The lowest BCUT2D eigenvalue weighted by Crippen LogP contribution is -2.26. The number of rotatable bonds is 5. The van der Waals surface area contributed by atoms with E-state index in [1.807, 2.05) is 17.9 Å². The minimum absolute atomic E-state index is 0.0220. The molecule has 2 rings (SSSR count). The molecule has 1 N–H and O–H groups in total. The number of imidazole rings is 1. The third-order valence-electron chi connectivity index (χ3n) is 3.16. The van der Waals surface area contributed by atoms with Crippen LogP contribution in [0.1, 0.15) is 16.1 Å². The van der Waals surface area contributed by atoms with Crippen molar-refractivity contribution in [1.82, 2.24) is 14.9 Å². The number of carbonyl (C=O) groups excluding carboxylic acids is 1. The lowest BCUT2D eigenvalue weighted by Gasteiger charge is -2.11. The Kier molecular flexibility index (Phi) is 5.02. The summed E-state index contributed by atoms with van der Waals surface area (Å²) in [5, 5.41) is 3.33. The van der Waals surface area contributed by atoms with Crippen LogP contribution in [0.2, 0.25) is 0 Å². The predicted octanol–water partition coefficient (Wildman–Crippen LogP) is 2.36. The first-order valence-electron chi connectivity index (χ1n) is 6.34. The van der Waals surface area contributed by atoms with Crippen LogP contribution in [-0.4, -0.2) is 28.8 Å². The van der Waals surface area contributed by atoms with Gasteiger partial charge in [-0.3, -0.25) is 4.79 Å². The van der Waals surface area contributed by atoms with E-state index < -0.39 is 23.1 Å². The Labute approximate surface area is 130 Å². The number of aromatic nitrogens is 2. The highest BCUT2D eigenvalue weighted by atomic mass is 32.2. The third-order valence-corrected chi connectivity index (χ3v) is 3.90. The molecule has 1 aromatic carbocycles. The highest BCUT2D eigenvalue weighted by Gasteiger charge is 2.21. The molecule has 0 aliphatic rings. The van der Waals surface area contributed by atoms with Gasteiger partial charge in [-0.2, -0.15) is 0 Å². The van der Waals surface area contributed by atoms with Crippen molar-refractivity contribution in [2.24, 2.45) is 7.05 Å². The fraction of sp³-hybridized carbons (Fsp3) is 0.286. The number of hydrogen-bond acceptors (Lipinski definition) is 4. The molecule has 0 aliphatic heterocycles. The van der Waals surface area contributed by atoms with Gasteiger partial charge < -0.3 is 14.6 Å². The molecule has 0 spiro atoms. The zero-order valence-corrected chi connectivity index (χ0v) is 13.1. The number of thioether (sulfide) groups is 1. The highest BCUT2D eigenvalue weighted by Crippen LogP contribution is 2.23. The number of carbonyl (C=O) groups is 1. The van der Waals surface area contributed by atoms with Gasteiger partial charge in [0.2, 0.25) is 0 Å². The minimum atomic E-state index is -1.23. The van der Waals surface area contributed by atoms with Crippen molar-refractivity contribution in [2.45, 2.75) is 11.7 Å². The smallest absolute Gasteiger partial charge is 0.258 e. The van der Waals surface area contributed by atoms with Crippen molar-refractivity contribution >= 4 is 17.7 Å². The molecule has 5 nitrogen and oxygen atoms in total. The molecule has 1 heterocycles. The van der Waals surface area contributed by atoms with Crippen LogP contribution in [0, 0.1) is 11.6 Å². The number of nitrogens with zero attached hydrogens (tertiary/aromatic N) is 2. The van der Waals surface area contributed by atoms with Gasteiger partial charge in [-0.1, -0.05) is 11.8 Å². The Morgan fingerprint density at radius 2 is 2.18 bits per heavy atom. The molecule has 0 aliphatic carbocycles. The van der Waals surface area contributed by atoms with Gasteiger partial charge in [0.05, 0.1) is 25.5 Å². The van der Waals surface area contributed by atoms with Crippen LogP contribution in [-0.2, 0) is 13.6 Å². The SMILES string of the molecule is COc1ccc(F)c(F)c1C(=O)NCc1cnc(SC)n1C. The Morgan fingerprint density at radius 1 is 1.45 bits per heavy atom. The van der Waals surface area contributed by atoms with Gasteiger partial charge in [-0.15, -0.1) is 0 Å². The number of halogens is 2. The largest absolute Gasteiger partial charge is 0.496 e. The first-order chi connectivity index (χ1) is 10.5. The first-order valence-corrected chi connectivity index (χ1v) is 7.56. The van der Waals surface area contributed by atoms with Crippen LogP contribution in [0.5, 0.6) is 5.75 Å². The fourth-order valence-electron chi connectivity index (χ4n) is 1.95. The highest BCUT2D eigenvalue weighted by molar-refractivity contribution is 7.98. The standard InChI is InChI=1S/C14H15F2N3O2S/c1-19-8(7-18-14(19)22-3)6-17-13(20)11-10(21-2)5-4-9(15)12(11)16/h4-5,7H,6H2,1-3H3,(H,17,20). The molecule has 1 aromatic heterocycles. The van der Waals surface area contributed by atoms with Gasteiger partial charge in [0.1, 0.15) is 11.3 Å². The molecule has 0 saturated heterocycles. The van der Waals surface area contributed by atoms with Crippen molar-refractivity contribution in [3.63, 3.8) is 0 Å². The topological polar surface area (TPSA) is 56.1 Å². The van der Waals surface area contributed by atoms with E-state index >= 15 is 0 Å². The molecular weight excluding hydrogens is 312 g/mol. The Hall–Kier alpha value is -2.09. The van der Waals surface area contributed by atoms with Gasteiger partial charge >= 0.3 is 0 Å². The minimum Gasteiger partial charge on any atom is -0.496 e. The average Bonchev–Trinajstić information content (AvgIpc) is 2.87. The van der Waals surface area contributed by atoms with Crippen molar-refractivity contribution in [3.8, 4) is 5.75 Å². The fourth-order valence-corrected chi connectivity index (χ4v) is 2.50. The molecule has 118 valence electrons. The zero-order valence-electron chi connectivity index (χ0n) is 12.3. The second kappa shape index (κ2) is 6.78. The van der Waals surface area contributed by atoms with E-state index in [4.69, 9.17) is 4.74 Å². The second-order valence-electron chi connectivity index (χ2n) is 4.42. The van der Waals surface area contributed by atoms with Crippen LogP contribution in [0.4, 0.5) is 8.78 Å². The Bertz CT molecular complexity index is 704. The van der Waals surface area contributed by atoms with Crippen molar-refractivity contribution < 1.29 is 18.3 Å². The maximum absolute atomic E-state index is 13.8. The summed E-state index contributed by atoms with van der Waals surface area (Å²) in [5.41, 5.74) is 0.295. The van der Waals surface area contributed by atoms with Crippen LogP contribution in [0.25, 0.3) is 0 Å². The number of amides is 1. The molecule has 0 atom stereocenters. The van der Waals surface area contributed by atoms with Gasteiger partial charge in [-0.25, -0.2) is 13.8 Å². The summed E-state index contributed by atoms with van der Waals surface area (Å²) in [6.07, 6.45) is 3.50. The van der Waals surface area contributed by atoms with Gasteiger partial charge in [0.15, 0.2) is 16.8 Å². The molecule has 0 saturated carbocycles. The third kappa shape index (κ3) is 3.06. The van der Waals surface area contributed by atoms with Crippen LogP contribution < -0.4 is 10.1 Å². The van der Waals surface area contributed by atoms with E-state index in [1.54, 1.807) is 6.20 Å². The van der Waals surface area contributed by atoms with Crippen LogP contribution >= 0.6 is 11.8 Å². The van der Waals surface area contributed by atoms with E-state index in [1.165, 1.54) is 24.9 Å². The van der Waals surface area contributed by atoms with Crippen LogP contribution in [0.15, 0.2) is 23.5 Å². The van der Waals surface area contributed by atoms with Gasteiger partial charge in [0, 0.05) is 7.05 Å². The lowest BCUT2D eigenvalue weighted by molar-refractivity contribution is 0.0941. The summed E-state index contributed by atoms with van der Waals surface area (Å²) in [5.74, 6) is -3.10. The maximum atomic E-state index is 13.8. The maximum Gasteiger partial charge on any atom is 0.258 e. The number of ether oxygens (including phenoxy) is 1. The quantitative estimate of drug-likeness (QED) is 0.857. The van der Waals surface area contributed by atoms with Crippen molar-refractivity contribution in [3.05, 3.63) is 41.2 Å². The zero-order chi connectivity index (χ0) is 16.3. The lowest BCUT2D eigenvalue weighted by atomic mass is 10.1. The van der Waals surface area contributed by atoms with Crippen LogP contribution in [0.3, 0.4) is 0 Å². The molecule has 0 unspecified atom stereocenters. The molecule has 1 amide bonds. The van der Waals surface area contributed by atoms with E-state index in [0.717, 1.165) is 16.9 Å². The number of nitrogens with one attached hydrogen (secondary N) is 1. The molecule has 22 heavy (non-hydrogen) atoms. The summed E-state index contributed by atoms with van der Waals surface area (Å²) in [7, 11) is 3.10. The summed E-state index contributed by atoms with van der Waals surface area (Å²) >= 11 is 1.47. The van der Waals surface area contributed by atoms with E-state index in [9.17, 15) is 13.6 Å². The molecule has 2 aromatic rings. The van der Waals surface area contributed by atoms with Gasteiger partial charge in [0.25, 0.3) is 5.91 Å². The normalized spacial score (nSPS) is 10.6. The number of hydrogen-bond donors (Lipinski definition) is 1. The molecule has 0 bridgehead atoms. The van der Waals surface area contributed by atoms with E-state index in [-0.39, 0.29) is 12.3 Å². The number of benzene rings is 1. The molecule has 8 heteroatoms. The monoisotopic (exact) mass is 327 g/mol. The molecular formula is C14H15F2N3O2S. The number of methoxy groups -OCH3 is 1.